The van der Waals surface area contributed by atoms with Crippen LogP contribution in [0, 0.1) is 0 Å². The molecule has 0 atom stereocenters. The summed E-state index contributed by atoms with van der Waals surface area (Å²) >= 11 is 0. The van der Waals surface area contributed by atoms with Gasteiger partial charge in [0.25, 0.3) is 0 Å². The standard InChI is InChI=1S/C6H13Si/c1-7-5-3-2-4-6-7/h2-6H2,1H3/q+1. The Hall–Kier alpha value is 0.217. The summed E-state index contributed by atoms with van der Waals surface area (Å²) in [6, 6.07) is 3.18. The molecule has 40 valence electrons. The molecule has 0 spiro atoms. The third kappa shape index (κ3) is 1.64. The van der Waals surface area contributed by atoms with Gasteiger partial charge in [0.05, 0.1) is 18.6 Å². The Morgan fingerprint density at radius 2 is 1.57 bits per heavy atom. The summed E-state index contributed by atoms with van der Waals surface area (Å²) in [6.07, 6.45) is 4.58. The van der Waals surface area contributed by atoms with Crippen molar-refractivity contribution in [3.05, 3.63) is 0 Å². The summed E-state index contributed by atoms with van der Waals surface area (Å²) in [5.41, 5.74) is 0. The molecule has 0 bridgehead atoms. The first-order chi connectivity index (χ1) is 3.39. The number of rotatable bonds is 0. The van der Waals surface area contributed by atoms with Gasteiger partial charge in [-0.05, 0) is 19.3 Å². The Labute approximate surface area is 47.5 Å². The Balaban J connectivity index is 2.12. The highest BCUT2D eigenvalue weighted by Gasteiger charge is 2.21. The van der Waals surface area contributed by atoms with E-state index in [-0.39, 0.29) is 8.80 Å². The van der Waals surface area contributed by atoms with Crippen LogP contribution in [0.2, 0.25) is 18.6 Å². The Morgan fingerprint density at radius 1 is 1.00 bits per heavy atom. The third-order valence-corrected chi connectivity index (χ3v) is 4.12. The highest BCUT2D eigenvalue weighted by molar-refractivity contribution is 6.57. The van der Waals surface area contributed by atoms with Crippen molar-refractivity contribution in [3.63, 3.8) is 0 Å². The smallest absolute Gasteiger partial charge is 0.0482 e. The van der Waals surface area contributed by atoms with Crippen LogP contribution in [-0.4, -0.2) is 8.80 Å². The van der Waals surface area contributed by atoms with Gasteiger partial charge >= 0.3 is 8.80 Å². The first-order valence-electron chi connectivity index (χ1n) is 3.21. The average molecular weight is 113 g/mol. The van der Waals surface area contributed by atoms with E-state index >= 15 is 0 Å². The molecule has 0 nitrogen and oxygen atoms in total. The monoisotopic (exact) mass is 113 g/mol. The fourth-order valence-corrected chi connectivity index (χ4v) is 3.11. The average Bonchev–Trinajstić information content (AvgIpc) is 1.69. The Bertz CT molecular complexity index is 46.1. The summed E-state index contributed by atoms with van der Waals surface area (Å²) in [5.74, 6) is 0. The topological polar surface area (TPSA) is 0 Å². The van der Waals surface area contributed by atoms with Gasteiger partial charge in [-0.1, -0.05) is 0 Å². The van der Waals surface area contributed by atoms with E-state index in [2.05, 4.69) is 6.55 Å². The predicted octanol–water partition coefficient (Wildman–Crippen LogP) is 2.29. The van der Waals surface area contributed by atoms with Gasteiger partial charge in [0, 0.05) is 0 Å². The summed E-state index contributed by atoms with van der Waals surface area (Å²) in [4.78, 5) is 0. The highest BCUT2D eigenvalue weighted by atomic mass is 28.3. The van der Waals surface area contributed by atoms with Crippen molar-refractivity contribution in [2.75, 3.05) is 0 Å². The third-order valence-electron chi connectivity index (χ3n) is 1.71. The largest absolute Gasteiger partial charge is 0.311 e. The molecule has 0 N–H and O–H groups in total. The lowest BCUT2D eigenvalue weighted by Crippen LogP contribution is -2.09. The van der Waals surface area contributed by atoms with E-state index in [1.165, 1.54) is 19.3 Å². The molecule has 1 heteroatoms. The molecular weight excluding hydrogens is 100 g/mol. The van der Waals surface area contributed by atoms with Gasteiger partial charge in [0.1, 0.15) is 0 Å². The fourth-order valence-electron chi connectivity index (χ4n) is 1.16. The summed E-state index contributed by atoms with van der Waals surface area (Å²) in [7, 11) is 0.207. The summed E-state index contributed by atoms with van der Waals surface area (Å²) in [5, 5.41) is 0. The van der Waals surface area contributed by atoms with E-state index in [1.54, 1.807) is 12.1 Å². The molecule has 1 rings (SSSR count). The maximum Gasteiger partial charge on any atom is 0.311 e. The van der Waals surface area contributed by atoms with Crippen molar-refractivity contribution in [1.82, 2.24) is 0 Å². The van der Waals surface area contributed by atoms with Crippen LogP contribution in [0.1, 0.15) is 19.3 Å². The molecule has 7 heavy (non-hydrogen) atoms. The molecule has 0 radical (unpaired) electrons. The lowest BCUT2D eigenvalue weighted by molar-refractivity contribution is 0.725. The fraction of sp³-hybridized carbons (Fsp3) is 1.00. The quantitative estimate of drug-likeness (QED) is 0.423. The zero-order valence-corrected chi connectivity index (χ0v) is 6.04. The van der Waals surface area contributed by atoms with E-state index < -0.39 is 0 Å². The van der Waals surface area contributed by atoms with Crippen molar-refractivity contribution in [2.45, 2.75) is 37.9 Å². The van der Waals surface area contributed by atoms with Crippen LogP contribution < -0.4 is 0 Å². The Kier molecular flexibility index (Phi) is 1.92. The first kappa shape index (κ1) is 5.36. The normalized spacial score (nSPS) is 22.7. The van der Waals surface area contributed by atoms with Crippen LogP contribution in [-0.2, 0) is 0 Å². The van der Waals surface area contributed by atoms with Crippen LogP contribution in [0.25, 0.3) is 0 Å². The van der Waals surface area contributed by atoms with Gasteiger partial charge in [-0.3, -0.25) is 0 Å². The second kappa shape index (κ2) is 2.51. The minimum atomic E-state index is 0.207. The molecule has 0 amide bonds. The zero-order valence-electron chi connectivity index (χ0n) is 5.04. The van der Waals surface area contributed by atoms with Gasteiger partial charge in [-0.2, -0.15) is 0 Å². The number of hydrogen-bond donors (Lipinski definition) is 0. The lowest BCUT2D eigenvalue weighted by Gasteiger charge is -2.02. The number of hydrogen-bond acceptors (Lipinski definition) is 0. The highest BCUT2D eigenvalue weighted by Crippen LogP contribution is 2.17. The van der Waals surface area contributed by atoms with Crippen molar-refractivity contribution >= 4 is 8.80 Å². The van der Waals surface area contributed by atoms with Crippen LogP contribution in [0.15, 0.2) is 0 Å². The van der Waals surface area contributed by atoms with E-state index in [9.17, 15) is 0 Å². The molecular formula is C6H13Si+. The van der Waals surface area contributed by atoms with Crippen molar-refractivity contribution < 1.29 is 0 Å². The van der Waals surface area contributed by atoms with E-state index in [0.717, 1.165) is 0 Å². The SMILES string of the molecule is C[Si+]1CCCCC1. The molecule has 0 saturated carbocycles. The van der Waals surface area contributed by atoms with Gasteiger partial charge < -0.3 is 0 Å². The minimum Gasteiger partial charge on any atom is -0.0482 e. The van der Waals surface area contributed by atoms with Crippen molar-refractivity contribution in [3.8, 4) is 0 Å². The molecule has 1 aliphatic rings. The molecule has 1 heterocycles. The van der Waals surface area contributed by atoms with Gasteiger partial charge in [0.2, 0.25) is 0 Å². The molecule has 0 aromatic carbocycles. The summed E-state index contributed by atoms with van der Waals surface area (Å²) in [6.45, 7) is 2.46. The van der Waals surface area contributed by atoms with Crippen LogP contribution in [0.3, 0.4) is 0 Å². The Morgan fingerprint density at radius 3 is 1.86 bits per heavy atom. The molecule has 1 fully saturated rings. The first-order valence-corrected chi connectivity index (χ1v) is 5.62. The van der Waals surface area contributed by atoms with Gasteiger partial charge in [-0.25, -0.2) is 0 Å². The van der Waals surface area contributed by atoms with Crippen LogP contribution in [0.5, 0.6) is 0 Å². The van der Waals surface area contributed by atoms with E-state index in [4.69, 9.17) is 0 Å². The molecule has 0 aromatic heterocycles. The minimum absolute atomic E-state index is 0.207. The van der Waals surface area contributed by atoms with Crippen LogP contribution >= 0.6 is 0 Å². The van der Waals surface area contributed by atoms with E-state index in [0.29, 0.717) is 0 Å². The molecule has 1 saturated heterocycles. The van der Waals surface area contributed by atoms with Gasteiger partial charge in [-0.15, -0.1) is 0 Å². The van der Waals surface area contributed by atoms with Gasteiger partial charge in [0.15, 0.2) is 0 Å². The second-order valence-electron chi connectivity index (χ2n) is 2.52. The predicted molar refractivity (Wildman–Crippen MR) is 35.1 cm³/mol. The van der Waals surface area contributed by atoms with Crippen LogP contribution in [0.4, 0.5) is 0 Å². The van der Waals surface area contributed by atoms with Crippen molar-refractivity contribution in [1.29, 1.82) is 0 Å². The van der Waals surface area contributed by atoms with E-state index in [1.807, 2.05) is 0 Å². The lowest BCUT2D eigenvalue weighted by atomic mass is 10.3. The molecule has 0 aromatic rings. The maximum atomic E-state index is 2.46. The summed E-state index contributed by atoms with van der Waals surface area (Å²) < 4.78 is 0. The molecule has 0 aliphatic carbocycles. The molecule has 0 unspecified atom stereocenters. The zero-order chi connectivity index (χ0) is 5.11. The molecule has 1 aliphatic heterocycles. The second-order valence-corrected chi connectivity index (χ2v) is 5.43. The van der Waals surface area contributed by atoms with Crippen molar-refractivity contribution in [2.24, 2.45) is 0 Å². The maximum absolute atomic E-state index is 2.46.